The number of aromatic nitrogens is 2. The number of benzene rings is 3. The summed E-state index contributed by atoms with van der Waals surface area (Å²) in [5.74, 6) is 0. The lowest BCUT2D eigenvalue weighted by atomic mass is 10.0. The first kappa shape index (κ1) is 15.3. The third kappa shape index (κ3) is 1.77. The molecule has 3 aromatic carbocycles. The van der Waals surface area contributed by atoms with Crippen LogP contribution in [0.3, 0.4) is 0 Å². The van der Waals surface area contributed by atoms with Crippen molar-refractivity contribution < 1.29 is 13.2 Å². The molecule has 2 heterocycles. The highest BCUT2D eigenvalue weighted by atomic mass is 19.4. The number of fused-ring (bicyclic) bond motifs is 6. The predicted molar refractivity (Wildman–Crippen MR) is 99.4 cm³/mol. The van der Waals surface area contributed by atoms with Crippen molar-refractivity contribution in [3.8, 4) is 0 Å². The Kier molecular flexibility index (Phi) is 2.84. The van der Waals surface area contributed by atoms with Crippen molar-refractivity contribution in [3.63, 3.8) is 0 Å². The first-order chi connectivity index (χ1) is 12.4. The molecule has 0 spiro atoms. The smallest absolute Gasteiger partial charge is 0.343 e. The molecule has 0 radical (unpaired) electrons. The highest BCUT2D eigenvalue weighted by molar-refractivity contribution is 6.20. The molecule has 130 valence electrons. The van der Waals surface area contributed by atoms with Gasteiger partial charge in [-0.3, -0.25) is 0 Å². The van der Waals surface area contributed by atoms with Gasteiger partial charge in [0.05, 0.1) is 11.0 Å². The summed E-state index contributed by atoms with van der Waals surface area (Å²) in [7, 11) is 3.41. The van der Waals surface area contributed by atoms with Gasteiger partial charge < -0.3 is 9.13 Å². The summed E-state index contributed by atoms with van der Waals surface area (Å²) < 4.78 is 46.0. The zero-order valence-corrected chi connectivity index (χ0v) is 14.2. The van der Waals surface area contributed by atoms with Gasteiger partial charge in [0.2, 0.25) is 0 Å². The molecule has 2 nitrogen and oxygen atoms in total. The molecule has 26 heavy (non-hydrogen) atoms. The van der Waals surface area contributed by atoms with Crippen LogP contribution in [-0.2, 0) is 20.3 Å². The SMILES string of the molecule is Cn1c2ccccc2c2cc3c4ccccc4n(C)c3c(C(F)(F)F)c21. The zero-order valence-electron chi connectivity index (χ0n) is 14.2. The van der Waals surface area contributed by atoms with Gasteiger partial charge in [-0.25, -0.2) is 0 Å². The Morgan fingerprint density at radius 2 is 1.08 bits per heavy atom. The molecule has 0 atom stereocenters. The number of rotatable bonds is 0. The standard InChI is InChI=1S/C21H15F3N2/c1-25-16-9-5-3-7-12(16)14-11-15-13-8-4-6-10-17(13)26(2)20(15)18(19(14)25)21(22,23)24/h3-11H,1-2H3. The summed E-state index contributed by atoms with van der Waals surface area (Å²) in [4.78, 5) is 0. The molecule has 0 aliphatic heterocycles. The van der Waals surface area contributed by atoms with Gasteiger partial charge in [-0.15, -0.1) is 0 Å². The van der Waals surface area contributed by atoms with Crippen molar-refractivity contribution in [2.24, 2.45) is 14.1 Å². The Labute approximate surface area is 147 Å². The summed E-state index contributed by atoms with van der Waals surface area (Å²) in [5, 5.41) is 2.95. The molecule has 0 unspecified atom stereocenters. The van der Waals surface area contributed by atoms with E-state index in [-0.39, 0.29) is 11.0 Å². The second kappa shape index (κ2) is 4.81. The van der Waals surface area contributed by atoms with Crippen LogP contribution in [-0.4, -0.2) is 9.13 Å². The van der Waals surface area contributed by atoms with E-state index in [1.54, 1.807) is 23.2 Å². The summed E-state index contributed by atoms with van der Waals surface area (Å²) in [6.07, 6.45) is -4.46. The van der Waals surface area contributed by atoms with E-state index >= 15 is 0 Å². The Morgan fingerprint density at radius 1 is 0.654 bits per heavy atom. The van der Waals surface area contributed by atoms with Crippen LogP contribution in [0.15, 0.2) is 54.6 Å². The lowest BCUT2D eigenvalue weighted by molar-refractivity contribution is -0.135. The van der Waals surface area contributed by atoms with Crippen LogP contribution in [0.2, 0.25) is 0 Å². The number of para-hydroxylation sites is 2. The van der Waals surface area contributed by atoms with Gasteiger partial charge in [-0.1, -0.05) is 36.4 Å². The van der Waals surface area contributed by atoms with Gasteiger partial charge in [-0.2, -0.15) is 13.2 Å². The van der Waals surface area contributed by atoms with E-state index in [4.69, 9.17) is 0 Å². The Morgan fingerprint density at radius 3 is 1.50 bits per heavy atom. The van der Waals surface area contributed by atoms with E-state index in [1.807, 2.05) is 54.6 Å². The second-order valence-electron chi connectivity index (χ2n) is 6.69. The molecule has 5 heteroatoms. The molecule has 0 saturated carbocycles. The van der Waals surface area contributed by atoms with Crippen molar-refractivity contribution in [1.82, 2.24) is 9.13 Å². The summed E-state index contributed by atoms with van der Waals surface area (Å²) in [6, 6.07) is 16.8. The molecule has 0 amide bonds. The number of hydrogen-bond donors (Lipinski definition) is 0. The summed E-state index contributed by atoms with van der Waals surface area (Å²) >= 11 is 0. The third-order valence-electron chi connectivity index (χ3n) is 5.34. The van der Waals surface area contributed by atoms with Gasteiger partial charge in [0.15, 0.2) is 0 Å². The van der Waals surface area contributed by atoms with E-state index in [0.29, 0.717) is 10.8 Å². The minimum Gasteiger partial charge on any atom is -0.343 e. The van der Waals surface area contributed by atoms with E-state index in [0.717, 1.165) is 21.8 Å². The molecule has 2 aromatic heterocycles. The van der Waals surface area contributed by atoms with Crippen LogP contribution >= 0.6 is 0 Å². The van der Waals surface area contributed by atoms with Crippen LogP contribution in [0.1, 0.15) is 5.56 Å². The predicted octanol–water partition coefficient (Wildman–Crippen LogP) is 6.00. The van der Waals surface area contributed by atoms with Gasteiger partial charge in [-0.05, 0) is 18.2 Å². The minimum atomic E-state index is -4.46. The van der Waals surface area contributed by atoms with Crippen LogP contribution < -0.4 is 0 Å². The number of halogens is 3. The van der Waals surface area contributed by atoms with E-state index < -0.39 is 11.7 Å². The minimum absolute atomic E-state index is 0.233. The summed E-state index contributed by atoms with van der Waals surface area (Å²) in [6.45, 7) is 0. The number of nitrogens with zero attached hydrogens (tertiary/aromatic N) is 2. The Balaban J connectivity index is 2.19. The monoisotopic (exact) mass is 352 g/mol. The highest BCUT2D eigenvalue weighted by Gasteiger charge is 2.38. The average Bonchev–Trinajstić information content (AvgIpc) is 3.07. The molecule has 0 saturated heterocycles. The van der Waals surface area contributed by atoms with Gasteiger partial charge >= 0.3 is 6.18 Å². The third-order valence-corrected chi connectivity index (χ3v) is 5.34. The first-order valence-electron chi connectivity index (χ1n) is 8.34. The fourth-order valence-corrected chi connectivity index (χ4v) is 4.27. The van der Waals surface area contributed by atoms with E-state index in [9.17, 15) is 13.2 Å². The largest absolute Gasteiger partial charge is 0.420 e. The normalized spacial score (nSPS) is 12.8. The summed E-state index contributed by atoms with van der Waals surface area (Å²) in [5.41, 5.74) is 1.50. The maximum atomic E-state index is 14.2. The molecule has 0 fully saturated rings. The number of alkyl halides is 3. The van der Waals surface area contributed by atoms with Crippen LogP contribution in [0.25, 0.3) is 43.6 Å². The molecular weight excluding hydrogens is 337 g/mol. The van der Waals surface area contributed by atoms with Crippen LogP contribution in [0, 0.1) is 0 Å². The number of hydrogen-bond acceptors (Lipinski definition) is 0. The Hall–Kier alpha value is -2.95. The molecule has 0 aliphatic rings. The topological polar surface area (TPSA) is 9.86 Å². The Bertz CT molecular complexity index is 1240. The molecule has 5 rings (SSSR count). The maximum Gasteiger partial charge on any atom is 0.420 e. The van der Waals surface area contributed by atoms with E-state index in [1.165, 1.54) is 0 Å². The second-order valence-corrected chi connectivity index (χ2v) is 6.69. The van der Waals surface area contributed by atoms with Crippen molar-refractivity contribution in [3.05, 3.63) is 60.2 Å². The van der Waals surface area contributed by atoms with Crippen molar-refractivity contribution in [2.45, 2.75) is 6.18 Å². The average molecular weight is 352 g/mol. The fourth-order valence-electron chi connectivity index (χ4n) is 4.27. The lowest BCUT2D eigenvalue weighted by Gasteiger charge is -2.14. The van der Waals surface area contributed by atoms with Crippen molar-refractivity contribution in [2.75, 3.05) is 0 Å². The molecule has 0 aliphatic carbocycles. The molecular formula is C21H15F3N2. The molecule has 0 N–H and O–H groups in total. The molecule has 0 bridgehead atoms. The fraction of sp³-hybridized carbons (Fsp3) is 0.143. The van der Waals surface area contributed by atoms with Gasteiger partial charge in [0.25, 0.3) is 0 Å². The van der Waals surface area contributed by atoms with Gasteiger partial charge in [0, 0.05) is 46.7 Å². The highest BCUT2D eigenvalue weighted by Crippen LogP contribution is 2.45. The quantitative estimate of drug-likeness (QED) is 0.324. The first-order valence-corrected chi connectivity index (χ1v) is 8.34. The van der Waals surface area contributed by atoms with Crippen molar-refractivity contribution in [1.29, 1.82) is 0 Å². The van der Waals surface area contributed by atoms with Crippen molar-refractivity contribution >= 4 is 43.6 Å². The maximum absolute atomic E-state index is 14.2. The zero-order chi connectivity index (χ0) is 18.2. The molecule has 5 aromatic rings. The lowest BCUT2D eigenvalue weighted by Crippen LogP contribution is -2.10. The van der Waals surface area contributed by atoms with Crippen LogP contribution in [0.5, 0.6) is 0 Å². The number of aryl methyl sites for hydroxylation is 2. The van der Waals surface area contributed by atoms with Gasteiger partial charge in [0.1, 0.15) is 5.56 Å². The van der Waals surface area contributed by atoms with Crippen LogP contribution in [0.4, 0.5) is 13.2 Å². The van der Waals surface area contributed by atoms with E-state index in [2.05, 4.69) is 0 Å².